The number of carboxylic acids is 1. The van der Waals surface area contributed by atoms with Crippen LogP contribution < -0.4 is 0 Å². The van der Waals surface area contributed by atoms with Gasteiger partial charge in [-0.2, -0.15) is 4.98 Å². The number of hydrogen-bond donors (Lipinski definition) is 1. The normalized spacial score (nSPS) is 20.8. The van der Waals surface area contributed by atoms with Gasteiger partial charge >= 0.3 is 5.97 Å². The summed E-state index contributed by atoms with van der Waals surface area (Å²) >= 11 is 0. The molecule has 1 fully saturated rings. The molecule has 8 nitrogen and oxygen atoms in total. The van der Waals surface area contributed by atoms with Crippen molar-refractivity contribution in [3.05, 3.63) is 24.5 Å². The molecule has 1 saturated heterocycles. The number of hydrogen-bond acceptors (Lipinski definition) is 6. The van der Waals surface area contributed by atoms with E-state index < -0.39 is 11.9 Å². The first-order valence-electron chi connectivity index (χ1n) is 7.40. The summed E-state index contributed by atoms with van der Waals surface area (Å²) < 4.78 is 10.1. The fraction of sp³-hybridized carbons (Fsp3) is 0.467. The fourth-order valence-electron chi connectivity index (χ4n) is 2.73. The van der Waals surface area contributed by atoms with Crippen LogP contribution in [0, 0.1) is 11.8 Å². The molecule has 2 atom stereocenters. The number of aromatic nitrogens is 2. The second-order valence-corrected chi connectivity index (χ2v) is 5.74. The van der Waals surface area contributed by atoms with Gasteiger partial charge in [0.2, 0.25) is 17.6 Å². The van der Waals surface area contributed by atoms with Crippen molar-refractivity contribution in [2.75, 3.05) is 13.1 Å². The van der Waals surface area contributed by atoms with Gasteiger partial charge in [0.25, 0.3) is 0 Å². The summed E-state index contributed by atoms with van der Waals surface area (Å²) in [6.45, 7) is 2.58. The number of carbonyl (C=O) groups excluding carboxylic acids is 1. The Balaban J connectivity index is 1.55. The highest BCUT2D eigenvalue weighted by molar-refractivity contribution is 5.79. The molecule has 23 heavy (non-hydrogen) atoms. The molecule has 3 heterocycles. The first-order chi connectivity index (χ1) is 11.0. The molecule has 1 aliphatic rings. The molecule has 3 rings (SSSR count). The Kier molecular flexibility index (Phi) is 4.14. The van der Waals surface area contributed by atoms with Crippen molar-refractivity contribution in [1.29, 1.82) is 0 Å². The Morgan fingerprint density at radius 1 is 1.43 bits per heavy atom. The van der Waals surface area contributed by atoms with Gasteiger partial charge in [-0.3, -0.25) is 9.59 Å². The average molecular weight is 319 g/mol. The van der Waals surface area contributed by atoms with E-state index in [-0.39, 0.29) is 24.8 Å². The number of furan rings is 1. The summed E-state index contributed by atoms with van der Waals surface area (Å²) in [5.41, 5.74) is 0.712. The van der Waals surface area contributed by atoms with Crippen LogP contribution in [-0.4, -0.2) is 45.1 Å². The third-order valence-electron chi connectivity index (χ3n) is 4.08. The molecular weight excluding hydrogens is 302 g/mol. The molecule has 1 N–H and O–H groups in total. The zero-order chi connectivity index (χ0) is 16.4. The van der Waals surface area contributed by atoms with E-state index in [0.29, 0.717) is 30.2 Å². The highest BCUT2D eigenvalue weighted by Crippen LogP contribution is 2.24. The maximum absolute atomic E-state index is 12.2. The summed E-state index contributed by atoms with van der Waals surface area (Å²) in [6.07, 6.45) is 3.57. The van der Waals surface area contributed by atoms with Crippen molar-refractivity contribution < 1.29 is 23.6 Å². The van der Waals surface area contributed by atoms with E-state index in [4.69, 9.17) is 14.0 Å². The lowest BCUT2D eigenvalue weighted by atomic mass is 9.99. The summed E-state index contributed by atoms with van der Waals surface area (Å²) in [5.74, 6) is -0.681. The van der Waals surface area contributed by atoms with Crippen LogP contribution in [0.4, 0.5) is 0 Å². The number of amides is 1. The number of aryl methyl sites for hydroxylation is 1. The highest BCUT2D eigenvalue weighted by atomic mass is 16.5. The SMILES string of the molecule is C[C@@H]1CN(C(=O)CCc2nc(-c3ccoc3)no2)C[C@H]1C(=O)O. The van der Waals surface area contributed by atoms with Crippen molar-refractivity contribution in [1.82, 2.24) is 15.0 Å². The molecule has 1 amide bonds. The number of rotatable bonds is 5. The first-order valence-corrected chi connectivity index (χ1v) is 7.40. The maximum atomic E-state index is 12.2. The van der Waals surface area contributed by atoms with Gasteiger partial charge < -0.3 is 18.9 Å². The molecule has 0 radical (unpaired) electrons. The molecule has 8 heteroatoms. The topological polar surface area (TPSA) is 110 Å². The van der Waals surface area contributed by atoms with Crippen LogP contribution in [0.3, 0.4) is 0 Å². The number of aliphatic carboxylic acids is 1. The Morgan fingerprint density at radius 2 is 2.26 bits per heavy atom. The molecule has 2 aromatic rings. The van der Waals surface area contributed by atoms with Gasteiger partial charge in [0, 0.05) is 25.9 Å². The lowest BCUT2D eigenvalue weighted by Gasteiger charge is -2.15. The number of carbonyl (C=O) groups is 2. The second kappa shape index (κ2) is 6.23. The van der Waals surface area contributed by atoms with Gasteiger partial charge in [-0.25, -0.2) is 0 Å². The lowest BCUT2D eigenvalue weighted by Crippen LogP contribution is -2.30. The van der Waals surface area contributed by atoms with Gasteiger partial charge in [0.05, 0.1) is 17.7 Å². The molecular formula is C15H17N3O5. The first kappa shape index (κ1) is 15.3. The van der Waals surface area contributed by atoms with Crippen LogP contribution in [0.15, 0.2) is 27.5 Å². The fourth-order valence-corrected chi connectivity index (χ4v) is 2.73. The number of nitrogens with zero attached hydrogens (tertiary/aromatic N) is 3. The van der Waals surface area contributed by atoms with E-state index in [1.807, 2.05) is 6.92 Å². The van der Waals surface area contributed by atoms with Crippen molar-refractivity contribution in [2.45, 2.75) is 19.8 Å². The van der Waals surface area contributed by atoms with Crippen LogP contribution >= 0.6 is 0 Å². The van der Waals surface area contributed by atoms with Crippen LogP contribution in [0.1, 0.15) is 19.2 Å². The molecule has 0 aromatic carbocycles. The van der Waals surface area contributed by atoms with Gasteiger partial charge in [0.1, 0.15) is 6.26 Å². The molecule has 0 unspecified atom stereocenters. The van der Waals surface area contributed by atoms with E-state index >= 15 is 0 Å². The summed E-state index contributed by atoms with van der Waals surface area (Å²) in [7, 11) is 0. The van der Waals surface area contributed by atoms with Crippen molar-refractivity contribution in [3.63, 3.8) is 0 Å². The molecule has 0 aliphatic carbocycles. The lowest BCUT2D eigenvalue weighted by molar-refractivity contribution is -0.142. The standard InChI is InChI=1S/C15H17N3O5/c1-9-6-18(7-11(9)15(20)21)13(19)3-2-12-16-14(17-23-12)10-4-5-22-8-10/h4-5,8-9,11H,2-3,6-7H2,1H3,(H,20,21)/t9-,11-/m1/s1. The highest BCUT2D eigenvalue weighted by Gasteiger charge is 2.36. The second-order valence-electron chi connectivity index (χ2n) is 5.74. The minimum atomic E-state index is -0.852. The molecule has 2 aromatic heterocycles. The quantitative estimate of drug-likeness (QED) is 0.887. The largest absolute Gasteiger partial charge is 0.481 e. The van der Waals surface area contributed by atoms with E-state index in [1.54, 1.807) is 11.0 Å². The molecule has 0 spiro atoms. The summed E-state index contributed by atoms with van der Waals surface area (Å²) in [5, 5.41) is 12.9. The minimum absolute atomic E-state index is 0.0347. The zero-order valence-corrected chi connectivity index (χ0v) is 12.6. The molecule has 1 aliphatic heterocycles. The predicted octanol–water partition coefficient (Wildman–Crippen LogP) is 1.44. The smallest absolute Gasteiger partial charge is 0.308 e. The Hall–Kier alpha value is -2.64. The van der Waals surface area contributed by atoms with E-state index in [1.165, 1.54) is 12.5 Å². The van der Waals surface area contributed by atoms with Crippen molar-refractivity contribution in [3.8, 4) is 11.4 Å². The Labute approximate surface area is 132 Å². The monoisotopic (exact) mass is 319 g/mol. The molecule has 0 bridgehead atoms. The van der Waals surface area contributed by atoms with Gasteiger partial charge in [-0.1, -0.05) is 12.1 Å². The summed E-state index contributed by atoms with van der Waals surface area (Å²) in [6, 6.07) is 1.72. The summed E-state index contributed by atoms with van der Waals surface area (Å²) in [4.78, 5) is 29.1. The van der Waals surface area contributed by atoms with Crippen molar-refractivity contribution in [2.24, 2.45) is 11.8 Å². The van der Waals surface area contributed by atoms with Crippen LogP contribution in [0.2, 0.25) is 0 Å². The van der Waals surface area contributed by atoms with Crippen molar-refractivity contribution >= 4 is 11.9 Å². The third kappa shape index (κ3) is 3.25. The van der Waals surface area contributed by atoms with Crippen LogP contribution in [0.5, 0.6) is 0 Å². The number of carboxylic acid groups (broad SMARTS) is 1. The molecule has 122 valence electrons. The van der Waals surface area contributed by atoms with E-state index in [2.05, 4.69) is 10.1 Å². The van der Waals surface area contributed by atoms with Gasteiger partial charge in [-0.15, -0.1) is 0 Å². The Morgan fingerprint density at radius 3 is 2.91 bits per heavy atom. The molecule has 0 saturated carbocycles. The number of likely N-dealkylation sites (tertiary alicyclic amines) is 1. The third-order valence-corrected chi connectivity index (χ3v) is 4.08. The average Bonchev–Trinajstić information content (AvgIpc) is 3.24. The van der Waals surface area contributed by atoms with Crippen LogP contribution in [0.25, 0.3) is 11.4 Å². The zero-order valence-electron chi connectivity index (χ0n) is 12.6. The van der Waals surface area contributed by atoms with Gasteiger partial charge in [0.15, 0.2) is 0 Å². The Bertz CT molecular complexity index is 694. The predicted molar refractivity (Wildman–Crippen MR) is 77.2 cm³/mol. The van der Waals surface area contributed by atoms with E-state index in [9.17, 15) is 9.59 Å². The minimum Gasteiger partial charge on any atom is -0.481 e. The van der Waals surface area contributed by atoms with Crippen LogP contribution in [-0.2, 0) is 16.0 Å². The maximum Gasteiger partial charge on any atom is 0.308 e. The van der Waals surface area contributed by atoms with E-state index in [0.717, 1.165) is 0 Å². The van der Waals surface area contributed by atoms with Gasteiger partial charge in [-0.05, 0) is 12.0 Å².